The monoisotopic (exact) mass is 685 g/mol. The molecule has 3 amide bonds. The molecule has 5 rings (SSSR count). The number of thioether (sulfide) groups is 1. The number of hydrogen-bond donors (Lipinski definition) is 3. The first kappa shape index (κ1) is 34.0. The summed E-state index contributed by atoms with van der Waals surface area (Å²) in [6.07, 6.45) is -3.06. The zero-order valence-electron chi connectivity index (χ0n) is 25.0. The lowest BCUT2D eigenvalue weighted by atomic mass is 10.1. The fourth-order valence-electron chi connectivity index (χ4n) is 4.57. The Morgan fingerprint density at radius 3 is 2.04 bits per heavy atom. The van der Waals surface area contributed by atoms with Gasteiger partial charge in [0, 0.05) is 26.9 Å². The highest BCUT2D eigenvalue weighted by Crippen LogP contribution is 2.38. The topological polar surface area (TPSA) is 87.3 Å². The Kier molecular flexibility index (Phi) is 11.0. The van der Waals surface area contributed by atoms with E-state index < -0.39 is 34.7 Å². The van der Waals surface area contributed by atoms with E-state index in [0.29, 0.717) is 32.3 Å². The number of alkyl halides is 3. The van der Waals surface area contributed by atoms with E-state index in [4.69, 9.17) is 11.6 Å². The van der Waals surface area contributed by atoms with E-state index in [1.165, 1.54) is 18.2 Å². The number of rotatable bonds is 10. The Labute approximate surface area is 284 Å². The van der Waals surface area contributed by atoms with Crippen molar-refractivity contribution in [3.8, 4) is 0 Å². The van der Waals surface area contributed by atoms with Crippen LogP contribution in [-0.4, -0.2) is 17.7 Å². The van der Waals surface area contributed by atoms with Crippen molar-refractivity contribution in [3.05, 3.63) is 166 Å². The van der Waals surface area contributed by atoms with Crippen molar-refractivity contribution >= 4 is 58.5 Å². The quantitative estimate of drug-likeness (QED) is 0.101. The summed E-state index contributed by atoms with van der Waals surface area (Å²) in [4.78, 5) is 40.6. The molecule has 0 saturated carbocycles. The first-order valence-electron chi connectivity index (χ1n) is 14.5. The van der Waals surface area contributed by atoms with Crippen LogP contribution in [0.25, 0.3) is 6.08 Å². The van der Waals surface area contributed by atoms with E-state index in [1.807, 2.05) is 0 Å². The molecule has 0 aliphatic carbocycles. The van der Waals surface area contributed by atoms with Crippen LogP contribution in [0.3, 0.4) is 0 Å². The van der Waals surface area contributed by atoms with Gasteiger partial charge in [-0.25, -0.2) is 0 Å². The third kappa shape index (κ3) is 9.37. The normalized spacial score (nSPS) is 12.1. The third-order valence-electron chi connectivity index (χ3n) is 6.83. The van der Waals surface area contributed by atoms with Crippen LogP contribution in [-0.2, 0) is 15.8 Å². The lowest BCUT2D eigenvalue weighted by Gasteiger charge is -2.18. The molecule has 5 aromatic rings. The minimum atomic E-state index is -4.56. The number of anilines is 2. The SMILES string of the molecule is O=C(Nc1cccc(SC(C(=O)Nc2cccc(C(F)(F)F)c2)c2ccccc2)c1)/C(=C/c1cccc(Cl)c1)NC(=O)c1ccccc1. The molecule has 0 fully saturated rings. The molecule has 6 nitrogen and oxygen atoms in total. The maximum Gasteiger partial charge on any atom is 0.416 e. The summed E-state index contributed by atoms with van der Waals surface area (Å²) >= 11 is 7.30. The highest BCUT2D eigenvalue weighted by Gasteiger charge is 2.31. The van der Waals surface area contributed by atoms with Crippen LogP contribution in [0.15, 0.2) is 144 Å². The van der Waals surface area contributed by atoms with Crippen molar-refractivity contribution in [2.45, 2.75) is 16.3 Å². The van der Waals surface area contributed by atoms with Crippen LogP contribution in [0, 0.1) is 0 Å². The first-order valence-corrected chi connectivity index (χ1v) is 15.8. The van der Waals surface area contributed by atoms with Gasteiger partial charge < -0.3 is 16.0 Å². The largest absolute Gasteiger partial charge is 0.416 e. The smallest absolute Gasteiger partial charge is 0.325 e. The molecule has 0 radical (unpaired) electrons. The average molecular weight is 686 g/mol. The predicted molar refractivity (Wildman–Crippen MR) is 184 cm³/mol. The highest BCUT2D eigenvalue weighted by molar-refractivity contribution is 8.00. The molecule has 1 atom stereocenters. The zero-order chi connectivity index (χ0) is 34.1. The Balaban J connectivity index is 1.38. The highest BCUT2D eigenvalue weighted by atomic mass is 35.5. The second-order valence-electron chi connectivity index (χ2n) is 10.4. The number of nitrogens with one attached hydrogen (secondary N) is 3. The summed E-state index contributed by atoms with van der Waals surface area (Å²) in [5.74, 6) is -1.63. The molecule has 48 heavy (non-hydrogen) atoms. The second kappa shape index (κ2) is 15.5. The molecule has 242 valence electrons. The van der Waals surface area contributed by atoms with Gasteiger partial charge in [0.25, 0.3) is 11.8 Å². The predicted octanol–water partition coefficient (Wildman–Crippen LogP) is 9.24. The Bertz CT molecular complexity index is 1950. The Hall–Kier alpha value is -5.32. The van der Waals surface area contributed by atoms with Crippen molar-refractivity contribution in [3.63, 3.8) is 0 Å². The molecule has 0 saturated heterocycles. The van der Waals surface area contributed by atoms with Crippen LogP contribution in [0.2, 0.25) is 5.02 Å². The van der Waals surface area contributed by atoms with Crippen molar-refractivity contribution < 1.29 is 27.6 Å². The standard InChI is InChI=1S/C37H27ClF3N3O3S/c38-28-16-7-10-24(20-28)21-32(44-34(45)26-13-5-2-6-14-26)35(46)42-30-18-9-19-31(23-30)48-33(25-11-3-1-4-12-25)36(47)43-29-17-8-15-27(22-29)37(39,40)41/h1-23,33H,(H,42,46)(H,43,47)(H,44,45)/b32-21-. The summed E-state index contributed by atoms with van der Waals surface area (Å²) in [6.45, 7) is 0. The van der Waals surface area contributed by atoms with Gasteiger partial charge in [-0.2, -0.15) is 13.2 Å². The van der Waals surface area contributed by atoms with Crippen LogP contribution >= 0.6 is 23.4 Å². The van der Waals surface area contributed by atoms with Crippen LogP contribution in [0.1, 0.15) is 32.3 Å². The number of amides is 3. The molecule has 11 heteroatoms. The maximum atomic E-state index is 13.6. The molecule has 1 unspecified atom stereocenters. The van der Waals surface area contributed by atoms with Crippen molar-refractivity contribution in [1.29, 1.82) is 0 Å². The minimum Gasteiger partial charge on any atom is -0.325 e. The number of hydrogen-bond acceptors (Lipinski definition) is 4. The molecule has 5 aromatic carbocycles. The zero-order valence-corrected chi connectivity index (χ0v) is 26.6. The molecule has 0 aliphatic rings. The van der Waals surface area contributed by atoms with Crippen LogP contribution < -0.4 is 16.0 Å². The van der Waals surface area contributed by atoms with Crippen LogP contribution in [0.4, 0.5) is 24.5 Å². The molecular formula is C37H27ClF3N3O3S. The lowest BCUT2D eigenvalue weighted by molar-refractivity contribution is -0.137. The summed E-state index contributed by atoms with van der Waals surface area (Å²) in [5, 5.41) is 7.69. The van der Waals surface area contributed by atoms with E-state index in [0.717, 1.165) is 23.9 Å². The Morgan fingerprint density at radius 1 is 0.708 bits per heavy atom. The molecule has 0 aliphatic heterocycles. The summed E-state index contributed by atoms with van der Waals surface area (Å²) in [6, 6.07) is 35.2. The van der Waals surface area contributed by atoms with Gasteiger partial charge >= 0.3 is 6.18 Å². The second-order valence-corrected chi connectivity index (χ2v) is 12.0. The summed E-state index contributed by atoms with van der Waals surface area (Å²) in [7, 11) is 0. The van der Waals surface area contributed by atoms with Gasteiger partial charge in [-0.3, -0.25) is 14.4 Å². The fourth-order valence-corrected chi connectivity index (χ4v) is 5.85. The van der Waals surface area contributed by atoms with E-state index in [-0.39, 0.29) is 11.4 Å². The molecule has 0 spiro atoms. The first-order chi connectivity index (χ1) is 23.0. The van der Waals surface area contributed by atoms with Crippen molar-refractivity contribution in [1.82, 2.24) is 5.32 Å². The molecule has 0 bridgehead atoms. The van der Waals surface area contributed by atoms with Gasteiger partial charge in [-0.05, 0) is 77.9 Å². The van der Waals surface area contributed by atoms with Crippen LogP contribution in [0.5, 0.6) is 0 Å². The Morgan fingerprint density at radius 2 is 1.35 bits per heavy atom. The minimum absolute atomic E-state index is 0.00828. The third-order valence-corrected chi connectivity index (χ3v) is 8.32. The van der Waals surface area contributed by atoms with Gasteiger partial charge in [0.05, 0.1) is 5.56 Å². The molecular weight excluding hydrogens is 659 g/mol. The maximum absolute atomic E-state index is 13.6. The lowest BCUT2D eigenvalue weighted by Crippen LogP contribution is -2.30. The van der Waals surface area contributed by atoms with Gasteiger partial charge in [0.2, 0.25) is 5.91 Å². The summed E-state index contributed by atoms with van der Waals surface area (Å²) < 4.78 is 39.9. The fraction of sp³-hybridized carbons (Fsp3) is 0.0541. The number of carbonyl (C=O) groups is 3. The molecule has 0 aromatic heterocycles. The average Bonchev–Trinajstić information content (AvgIpc) is 3.07. The van der Waals surface area contributed by atoms with Gasteiger partial charge in [-0.15, -0.1) is 11.8 Å². The summed E-state index contributed by atoms with van der Waals surface area (Å²) in [5.41, 5.74) is 1.04. The van der Waals surface area contributed by atoms with E-state index in [2.05, 4.69) is 16.0 Å². The molecule has 0 heterocycles. The molecule has 3 N–H and O–H groups in total. The van der Waals surface area contributed by atoms with Gasteiger partial charge in [0.1, 0.15) is 10.9 Å². The van der Waals surface area contributed by atoms with E-state index >= 15 is 0 Å². The number of halogens is 4. The van der Waals surface area contributed by atoms with E-state index in [1.54, 1.807) is 109 Å². The van der Waals surface area contributed by atoms with Crippen molar-refractivity contribution in [2.24, 2.45) is 0 Å². The van der Waals surface area contributed by atoms with E-state index in [9.17, 15) is 27.6 Å². The van der Waals surface area contributed by atoms with Gasteiger partial charge in [0.15, 0.2) is 0 Å². The van der Waals surface area contributed by atoms with Gasteiger partial charge in [-0.1, -0.05) is 84.4 Å². The van der Waals surface area contributed by atoms with Crippen molar-refractivity contribution in [2.75, 3.05) is 10.6 Å². The number of benzene rings is 5. The number of carbonyl (C=O) groups excluding carboxylic acids is 3.